The number of carbonyl (C=O) groups excluding carboxylic acids is 2. The number of fused-ring (bicyclic) bond motifs is 1. The Morgan fingerprint density at radius 2 is 2.07 bits per heavy atom. The molecule has 0 bridgehead atoms. The van der Waals surface area contributed by atoms with Crippen LogP contribution in [-0.4, -0.2) is 29.5 Å². The first-order chi connectivity index (χ1) is 13.4. The number of benzene rings is 2. The number of aryl methyl sites for hydroxylation is 1. The molecule has 2 heterocycles. The molecule has 1 aliphatic rings. The molecule has 2 aromatic carbocycles. The molecule has 2 atom stereocenters. The molecule has 0 saturated carbocycles. The Morgan fingerprint density at radius 3 is 2.79 bits per heavy atom. The van der Waals surface area contributed by atoms with Crippen LogP contribution < -0.4 is 16.0 Å². The lowest BCUT2D eigenvalue weighted by Gasteiger charge is -2.22. The second kappa shape index (κ2) is 7.37. The highest BCUT2D eigenvalue weighted by atomic mass is 35.5. The van der Waals surface area contributed by atoms with E-state index >= 15 is 0 Å². The zero-order valence-electron chi connectivity index (χ0n) is 14.8. The van der Waals surface area contributed by atoms with E-state index in [0.29, 0.717) is 5.56 Å². The Hall–Kier alpha value is -2.71. The van der Waals surface area contributed by atoms with Gasteiger partial charge in [-0.2, -0.15) is 0 Å². The van der Waals surface area contributed by atoms with Gasteiger partial charge in [0.1, 0.15) is 11.9 Å². The van der Waals surface area contributed by atoms with Crippen molar-refractivity contribution in [1.29, 1.82) is 0 Å². The number of halogens is 2. The molecule has 1 aliphatic heterocycles. The van der Waals surface area contributed by atoms with Crippen LogP contribution in [-0.2, 0) is 4.79 Å². The standard InChI is InChI=1S/C19H16ClFN4O2S/c1-9-23-14-7-11(3-5-16(14)28-9)17(10-2-4-13(21)12(20)6-10)25-18(26)15-8-22-19(27)24-15/h2-7,15,17H,8H2,1H3,(H,25,26)(H2,22,24,27)/t15-,17+/m0/s1. The molecule has 1 fully saturated rings. The summed E-state index contributed by atoms with van der Waals surface area (Å²) in [4.78, 5) is 28.5. The van der Waals surface area contributed by atoms with Crippen molar-refractivity contribution in [2.75, 3.05) is 6.54 Å². The highest BCUT2D eigenvalue weighted by Gasteiger charge is 2.29. The predicted octanol–water partition coefficient (Wildman–Crippen LogP) is 3.28. The minimum absolute atomic E-state index is 0.0295. The van der Waals surface area contributed by atoms with Crippen LogP contribution in [0.4, 0.5) is 9.18 Å². The monoisotopic (exact) mass is 418 g/mol. The van der Waals surface area contributed by atoms with Gasteiger partial charge in [0, 0.05) is 6.54 Å². The summed E-state index contributed by atoms with van der Waals surface area (Å²) >= 11 is 7.54. The van der Waals surface area contributed by atoms with Crippen LogP contribution in [0.3, 0.4) is 0 Å². The van der Waals surface area contributed by atoms with E-state index in [1.807, 2.05) is 25.1 Å². The molecule has 4 rings (SSSR count). The van der Waals surface area contributed by atoms with Gasteiger partial charge >= 0.3 is 6.03 Å². The molecule has 3 amide bonds. The van der Waals surface area contributed by atoms with Crippen LogP contribution in [0.25, 0.3) is 10.2 Å². The summed E-state index contributed by atoms with van der Waals surface area (Å²) < 4.78 is 14.7. The molecular formula is C19H16ClFN4O2S. The highest BCUT2D eigenvalue weighted by Crippen LogP contribution is 2.30. The number of nitrogens with zero attached hydrogens (tertiary/aromatic N) is 1. The van der Waals surface area contributed by atoms with Crippen LogP contribution >= 0.6 is 22.9 Å². The number of thiazole rings is 1. The van der Waals surface area contributed by atoms with Gasteiger partial charge in [-0.3, -0.25) is 4.79 Å². The number of urea groups is 1. The Kier molecular flexibility index (Phi) is 4.91. The van der Waals surface area contributed by atoms with Crippen LogP contribution in [0.2, 0.25) is 5.02 Å². The zero-order chi connectivity index (χ0) is 19.8. The number of hydrogen-bond acceptors (Lipinski definition) is 4. The molecule has 6 nitrogen and oxygen atoms in total. The maximum Gasteiger partial charge on any atom is 0.315 e. The fourth-order valence-corrected chi connectivity index (χ4v) is 4.14. The van der Waals surface area contributed by atoms with Crippen molar-refractivity contribution in [3.63, 3.8) is 0 Å². The average molecular weight is 419 g/mol. The number of amides is 3. The number of nitrogens with one attached hydrogen (secondary N) is 3. The first kappa shape index (κ1) is 18.6. The van der Waals surface area contributed by atoms with E-state index in [2.05, 4.69) is 20.9 Å². The number of rotatable bonds is 4. The number of hydrogen-bond donors (Lipinski definition) is 3. The predicted molar refractivity (Wildman–Crippen MR) is 106 cm³/mol. The van der Waals surface area contributed by atoms with Gasteiger partial charge in [-0.25, -0.2) is 14.2 Å². The first-order valence-corrected chi connectivity index (χ1v) is 9.77. The number of carbonyl (C=O) groups is 2. The summed E-state index contributed by atoms with van der Waals surface area (Å²) in [7, 11) is 0. The molecule has 1 saturated heterocycles. The van der Waals surface area contributed by atoms with Gasteiger partial charge in [0.25, 0.3) is 0 Å². The van der Waals surface area contributed by atoms with Gasteiger partial charge in [0.15, 0.2) is 0 Å². The lowest BCUT2D eigenvalue weighted by Crippen LogP contribution is -2.44. The lowest BCUT2D eigenvalue weighted by atomic mass is 9.98. The molecule has 0 unspecified atom stereocenters. The molecule has 1 aromatic heterocycles. The van der Waals surface area contributed by atoms with Gasteiger partial charge < -0.3 is 16.0 Å². The van der Waals surface area contributed by atoms with Gasteiger partial charge in [0.2, 0.25) is 5.91 Å². The minimum Gasteiger partial charge on any atom is -0.343 e. The van der Waals surface area contributed by atoms with Crippen molar-refractivity contribution in [2.24, 2.45) is 0 Å². The largest absolute Gasteiger partial charge is 0.343 e. The summed E-state index contributed by atoms with van der Waals surface area (Å²) in [6, 6.07) is 8.42. The van der Waals surface area contributed by atoms with Gasteiger partial charge in [-0.05, 0) is 42.3 Å². The van der Waals surface area contributed by atoms with Crippen molar-refractivity contribution in [1.82, 2.24) is 20.9 Å². The molecule has 9 heteroatoms. The van der Waals surface area contributed by atoms with Gasteiger partial charge in [-0.1, -0.05) is 23.7 Å². The van der Waals surface area contributed by atoms with Gasteiger partial charge in [0.05, 0.1) is 26.3 Å². The SMILES string of the molecule is Cc1nc2cc([C@H](NC(=O)[C@@H]3CNC(=O)N3)c3ccc(F)c(Cl)c3)ccc2s1. The van der Waals surface area contributed by atoms with E-state index in [1.54, 1.807) is 17.4 Å². The Labute approximate surface area is 169 Å². The van der Waals surface area contributed by atoms with Crippen LogP contribution in [0, 0.1) is 12.7 Å². The normalized spacial score (nSPS) is 17.2. The van der Waals surface area contributed by atoms with E-state index < -0.39 is 17.9 Å². The average Bonchev–Trinajstić information content (AvgIpc) is 3.26. The summed E-state index contributed by atoms with van der Waals surface area (Å²) in [5, 5.41) is 8.96. The summed E-state index contributed by atoms with van der Waals surface area (Å²) in [5.74, 6) is -0.883. The third kappa shape index (κ3) is 3.65. The van der Waals surface area contributed by atoms with E-state index in [0.717, 1.165) is 20.8 Å². The smallest absolute Gasteiger partial charge is 0.315 e. The molecule has 3 aromatic rings. The van der Waals surface area contributed by atoms with Crippen LogP contribution in [0.1, 0.15) is 22.2 Å². The third-order valence-electron chi connectivity index (χ3n) is 4.50. The molecule has 0 spiro atoms. The van der Waals surface area contributed by atoms with Crippen LogP contribution in [0.5, 0.6) is 0 Å². The third-order valence-corrected chi connectivity index (χ3v) is 5.75. The molecule has 28 heavy (non-hydrogen) atoms. The van der Waals surface area contributed by atoms with Gasteiger partial charge in [-0.15, -0.1) is 11.3 Å². The van der Waals surface area contributed by atoms with E-state index in [-0.39, 0.29) is 23.5 Å². The molecule has 0 radical (unpaired) electrons. The summed E-state index contributed by atoms with van der Waals surface area (Å²) in [6.45, 7) is 2.13. The quantitative estimate of drug-likeness (QED) is 0.608. The summed E-state index contributed by atoms with van der Waals surface area (Å²) in [6.07, 6.45) is 0. The molecule has 144 valence electrons. The Bertz CT molecular complexity index is 1090. The van der Waals surface area contributed by atoms with Crippen LogP contribution in [0.15, 0.2) is 36.4 Å². The molecular weight excluding hydrogens is 403 g/mol. The first-order valence-electron chi connectivity index (χ1n) is 8.57. The maximum atomic E-state index is 13.6. The maximum absolute atomic E-state index is 13.6. The second-order valence-electron chi connectivity index (χ2n) is 6.48. The summed E-state index contributed by atoms with van der Waals surface area (Å²) in [5.41, 5.74) is 2.23. The second-order valence-corrected chi connectivity index (χ2v) is 8.12. The fraction of sp³-hybridized carbons (Fsp3) is 0.211. The lowest BCUT2D eigenvalue weighted by molar-refractivity contribution is -0.122. The van der Waals surface area contributed by atoms with E-state index in [9.17, 15) is 14.0 Å². The highest BCUT2D eigenvalue weighted by molar-refractivity contribution is 7.18. The van der Waals surface area contributed by atoms with Crippen molar-refractivity contribution < 1.29 is 14.0 Å². The topological polar surface area (TPSA) is 83.1 Å². The van der Waals surface area contributed by atoms with Crippen molar-refractivity contribution in [3.8, 4) is 0 Å². The van der Waals surface area contributed by atoms with E-state index in [1.165, 1.54) is 12.1 Å². The van der Waals surface area contributed by atoms with E-state index in [4.69, 9.17) is 11.6 Å². The zero-order valence-corrected chi connectivity index (χ0v) is 16.3. The minimum atomic E-state index is -0.684. The Balaban J connectivity index is 1.72. The van der Waals surface area contributed by atoms with Crippen molar-refractivity contribution in [3.05, 3.63) is 63.4 Å². The fourth-order valence-electron chi connectivity index (χ4n) is 3.15. The molecule has 0 aliphatic carbocycles. The molecule has 3 N–H and O–H groups in total. The Morgan fingerprint density at radius 1 is 1.32 bits per heavy atom. The van der Waals surface area contributed by atoms with Crippen molar-refractivity contribution in [2.45, 2.75) is 19.0 Å². The number of aromatic nitrogens is 1. The van der Waals surface area contributed by atoms with Crippen molar-refractivity contribution >= 4 is 45.1 Å².